The molecule has 0 amide bonds. The number of hydrogen-bond donors (Lipinski definition) is 3. The van der Waals surface area contributed by atoms with Crippen LogP contribution < -0.4 is 11.1 Å². The first kappa shape index (κ1) is 17.9. The molecule has 0 bridgehead atoms. The minimum atomic E-state index is -4.62. The monoisotopic (exact) mass is 343 g/mol. The van der Waals surface area contributed by atoms with E-state index in [1.165, 1.54) is 6.07 Å². The third-order valence-corrected chi connectivity index (χ3v) is 3.49. The van der Waals surface area contributed by atoms with E-state index in [0.717, 1.165) is 0 Å². The van der Waals surface area contributed by atoms with Crippen molar-refractivity contribution < 1.29 is 18.4 Å². The van der Waals surface area contributed by atoms with E-state index in [4.69, 9.17) is 34.1 Å². The van der Waals surface area contributed by atoms with Gasteiger partial charge in [-0.3, -0.25) is 0 Å². The van der Waals surface area contributed by atoms with Crippen LogP contribution >= 0.6 is 23.2 Å². The fourth-order valence-electron chi connectivity index (χ4n) is 1.71. The molecule has 4 nitrogen and oxygen atoms in total. The number of benzene rings is 1. The number of halogens is 5. The van der Waals surface area contributed by atoms with Crippen LogP contribution in [0.2, 0.25) is 10.0 Å². The maximum atomic E-state index is 12.8. The molecule has 118 valence electrons. The Bertz CT molecular complexity index is 523. The lowest BCUT2D eigenvalue weighted by molar-refractivity contribution is -0.155. The van der Waals surface area contributed by atoms with Gasteiger partial charge in [-0.25, -0.2) is 0 Å². The van der Waals surface area contributed by atoms with Gasteiger partial charge in [-0.2, -0.15) is 13.2 Å². The summed E-state index contributed by atoms with van der Waals surface area (Å²) in [6, 6.07) is 4.24. The Morgan fingerprint density at radius 3 is 2.52 bits per heavy atom. The first-order valence-corrected chi connectivity index (χ1v) is 6.65. The van der Waals surface area contributed by atoms with Crippen LogP contribution in [0, 0.1) is 5.92 Å². The van der Waals surface area contributed by atoms with Crippen LogP contribution in [-0.2, 0) is 0 Å². The summed E-state index contributed by atoms with van der Waals surface area (Å²) < 4.78 is 38.4. The highest BCUT2D eigenvalue weighted by atomic mass is 35.5. The molecule has 2 unspecified atom stereocenters. The van der Waals surface area contributed by atoms with Gasteiger partial charge in [0.25, 0.3) is 0 Å². The van der Waals surface area contributed by atoms with E-state index in [2.05, 4.69) is 10.5 Å². The topological polar surface area (TPSA) is 70.6 Å². The lowest BCUT2D eigenvalue weighted by Crippen LogP contribution is -2.43. The van der Waals surface area contributed by atoms with Crippen molar-refractivity contribution in [3.05, 3.63) is 33.8 Å². The third-order valence-electron chi connectivity index (χ3n) is 2.92. The second-order valence-electron chi connectivity index (χ2n) is 4.41. The van der Waals surface area contributed by atoms with E-state index >= 15 is 0 Å². The molecule has 0 radical (unpaired) electrons. The van der Waals surface area contributed by atoms with E-state index in [-0.39, 0.29) is 0 Å². The van der Waals surface area contributed by atoms with Gasteiger partial charge in [-0.05, 0) is 24.6 Å². The van der Waals surface area contributed by atoms with Crippen LogP contribution in [0.25, 0.3) is 0 Å². The van der Waals surface area contributed by atoms with Gasteiger partial charge >= 0.3 is 6.18 Å². The Hall–Kier alpha value is -1.18. The third kappa shape index (κ3) is 4.94. The van der Waals surface area contributed by atoms with Gasteiger partial charge in [-0.1, -0.05) is 34.4 Å². The minimum Gasteiger partial charge on any atom is -0.409 e. The van der Waals surface area contributed by atoms with Gasteiger partial charge < -0.3 is 16.3 Å². The second-order valence-corrected chi connectivity index (χ2v) is 5.26. The van der Waals surface area contributed by atoms with Crippen molar-refractivity contribution in [1.29, 1.82) is 0 Å². The molecule has 0 fully saturated rings. The first-order valence-electron chi connectivity index (χ1n) is 5.89. The van der Waals surface area contributed by atoms with Gasteiger partial charge in [0.1, 0.15) is 5.92 Å². The Balaban J connectivity index is 2.80. The lowest BCUT2D eigenvalue weighted by Gasteiger charge is -2.22. The number of nitrogens with one attached hydrogen (secondary N) is 1. The van der Waals surface area contributed by atoms with Crippen molar-refractivity contribution >= 4 is 29.0 Å². The highest BCUT2D eigenvalue weighted by Gasteiger charge is 2.42. The van der Waals surface area contributed by atoms with Crippen LogP contribution in [0.1, 0.15) is 18.5 Å². The number of oxime groups is 1. The van der Waals surface area contributed by atoms with Crippen molar-refractivity contribution in [1.82, 2.24) is 5.32 Å². The fraction of sp³-hybridized carbons (Fsp3) is 0.417. The summed E-state index contributed by atoms with van der Waals surface area (Å²) in [6.07, 6.45) is -4.62. The van der Waals surface area contributed by atoms with Gasteiger partial charge in [0.2, 0.25) is 0 Å². The normalized spacial score (nSPS) is 15.8. The summed E-state index contributed by atoms with van der Waals surface area (Å²) in [5.74, 6) is -2.99. The summed E-state index contributed by atoms with van der Waals surface area (Å²) in [7, 11) is 0. The molecule has 4 N–H and O–H groups in total. The molecule has 1 rings (SSSR count). The highest BCUT2D eigenvalue weighted by Crippen LogP contribution is 2.29. The van der Waals surface area contributed by atoms with Crippen molar-refractivity contribution in [2.75, 3.05) is 6.54 Å². The van der Waals surface area contributed by atoms with Crippen molar-refractivity contribution in [2.24, 2.45) is 16.8 Å². The molecule has 21 heavy (non-hydrogen) atoms. The minimum absolute atomic E-state index is 0.342. The number of amidine groups is 1. The SMILES string of the molecule is CC(NCC(/C(N)=N/O)C(F)(F)F)c1ccc(Cl)cc1Cl. The molecular weight excluding hydrogens is 330 g/mol. The van der Waals surface area contributed by atoms with Crippen molar-refractivity contribution in [3.63, 3.8) is 0 Å². The maximum absolute atomic E-state index is 12.8. The molecule has 0 aliphatic carbocycles. The number of rotatable bonds is 5. The van der Waals surface area contributed by atoms with Crippen LogP contribution in [0.4, 0.5) is 13.2 Å². The Labute approximate surface area is 129 Å². The number of nitrogens with two attached hydrogens (primary N) is 1. The van der Waals surface area contributed by atoms with Crippen molar-refractivity contribution in [3.8, 4) is 0 Å². The van der Waals surface area contributed by atoms with E-state index in [1.807, 2.05) is 0 Å². The molecule has 2 atom stereocenters. The van der Waals surface area contributed by atoms with Crippen LogP contribution in [0.3, 0.4) is 0 Å². The molecular formula is C12H14Cl2F3N3O. The predicted molar refractivity (Wildman–Crippen MR) is 75.8 cm³/mol. The quantitative estimate of drug-likeness (QED) is 0.331. The fourth-order valence-corrected chi connectivity index (χ4v) is 2.29. The number of alkyl halides is 3. The zero-order chi connectivity index (χ0) is 16.2. The largest absolute Gasteiger partial charge is 0.409 e. The first-order chi connectivity index (χ1) is 9.66. The van der Waals surface area contributed by atoms with Gasteiger partial charge in [0, 0.05) is 22.6 Å². The molecule has 0 aliphatic heterocycles. The van der Waals surface area contributed by atoms with Crippen LogP contribution in [0.5, 0.6) is 0 Å². The molecule has 9 heteroatoms. The zero-order valence-electron chi connectivity index (χ0n) is 11.0. The van der Waals surface area contributed by atoms with Crippen LogP contribution in [0.15, 0.2) is 23.4 Å². The highest BCUT2D eigenvalue weighted by molar-refractivity contribution is 6.35. The second kappa shape index (κ2) is 7.20. The van der Waals surface area contributed by atoms with Gasteiger partial charge in [0.05, 0.1) is 0 Å². The maximum Gasteiger partial charge on any atom is 0.400 e. The Morgan fingerprint density at radius 2 is 2.05 bits per heavy atom. The summed E-state index contributed by atoms with van der Waals surface area (Å²) in [4.78, 5) is 0. The smallest absolute Gasteiger partial charge is 0.400 e. The zero-order valence-corrected chi connectivity index (χ0v) is 12.5. The summed E-state index contributed by atoms with van der Waals surface area (Å²) in [5.41, 5.74) is 5.67. The van der Waals surface area contributed by atoms with Crippen LogP contribution in [-0.4, -0.2) is 23.8 Å². The summed E-state index contributed by atoms with van der Waals surface area (Å²) in [6.45, 7) is 1.11. The van der Waals surface area contributed by atoms with Crippen molar-refractivity contribution in [2.45, 2.75) is 19.1 Å². The molecule has 0 heterocycles. The summed E-state index contributed by atoms with van der Waals surface area (Å²) >= 11 is 11.7. The molecule has 0 saturated carbocycles. The van der Waals surface area contributed by atoms with E-state index in [1.54, 1.807) is 19.1 Å². The summed E-state index contributed by atoms with van der Waals surface area (Å²) in [5, 5.41) is 14.3. The molecule has 0 spiro atoms. The predicted octanol–water partition coefficient (Wildman–Crippen LogP) is 3.57. The molecule has 1 aromatic rings. The average Bonchev–Trinajstić information content (AvgIpc) is 2.36. The Morgan fingerprint density at radius 1 is 1.43 bits per heavy atom. The molecule has 1 aromatic carbocycles. The Kier molecular flexibility index (Phi) is 6.12. The van der Waals surface area contributed by atoms with E-state index in [0.29, 0.717) is 15.6 Å². The molecule has 0 aliphatic rings. The molecule has 0 saturated heterocycles. The van der Waals surface area contributed by atoms with Gasteiger partial charge in [-0.15, -0.1) is 0 Å². The van der Waals surface area contributed by atoms with Gasteiger partial charge in [0.15, 0.2) is 5.84 Å². The average molecular weight is 344 g/mol. The van der Waals surface area contributed by atoms with E-state index < -0.39 is 30.5 Å². The number of nitrogens with zero attached hydrogens (tertiary/aromatic N) is 1. The lowest BCUT2D eigenvalue weighted by atomic mass is 10.1. The number of hydrogen-bond acceptors (Lipinski definition) is 3. The van der Waals surface area contributed by atoms with E-state index in [9.17, 15) is 13.2 Å². The molecule has 0 aromatic heterocycles. The standard InChI is InChI=1S/C12H14Cl2F3N3O/c1-6(8-3-2-7(13)4-10(8)14)19-5-9(11(18)20-21)12(15,16)17/h2-4,6,9,19,21H,5H2,1H3,(H2,18,20).